The maximum atomic E-state index is 8.58. The Kier molecular flexibility index (Phi) is 218. The molecule has 0 rings (SSSR count). The molecule has 0 amide bonds. The average Bonchev–Trinajstić information content (AvgIpc) is 1.33. The zero-order chi connectivity index (χ0) is 6.28. The molecule has 0 aromatic rings. The Bertz CT molecular complexity index is 86.5. The fraction of sp³-hybridized carbons (Fsp3) is 0. The number of carbonyl (C=O) groups is 1. The van der Waals surface area contributed by atoms with Gasteiger partial charge in [-0.2, -0.15) is 0 Å². The molecular formula is CH16N4O5U. The fourth-order valence-electron chi connectivity index (χ4n) is 0. The molecule has 0 saturated carbocycles. The molecule has 0 atom stereocenters. The minimum atomic E-state index is -2.51. The van der Waals surface area contributed by atoms with E-state index in [0.29, 0.717) is 0 Å². The topological polar surface area (TPSA) is 243 Å². The zero-order valence-corrected chi connectivity index (χ0v) is 11.2. The number of carboxylic acid groups (broad SMARTS) is 2. The first-order chi connectivity index (χ1) is 3.15. The Morgan fingerprint density at radius 2 is 0.909 bits per heavy atom. The second kappa shape index (κ2) is 53.0. The Morgan fingerprint density at radius 3 is 0.909 bits per heavy atom. The third kappa shape index (κ3) is 10400. The predicted octanol–water partition coefficient (Wildman–Crippen LogP) is -1.18. The first-order valence-corrected chi connectivity index (χ1v) is 4.42. The van der Waals surface area contributed by atoms with E-state index < -0.39 is 34.0 Å². The Hall–Kier alpha value is -0.238. The van der Waals surface area contributed by atoms with Crippen LogP contribution < -0.4 is 34.8 Å². The summed E-state index contributed by atoms with van der Waals surface area (Å²) in [4.78, 5) is 8.33. The predicted molar refractivity (Wildman–Crippen MR) is 30.7 cm³/mol. The molecule has 0 radical (unpaired) electrons. The Morgan fingerprint density at radius 1 is 0.909 bits per heavy atom. The molecule has 11 heavy (non-hydrogen) atoms. The quantitative estimate of drug-likeness (QED) is 0.389. The number of hydrogen-bond donors (Lipinski definition) is 4. The van der Waals surface area contributed by atoms with Crippen molar-refractivity contribution in [2.45, 2.75) is 0 Å². The van der Waals surface area contributed by atoms with Gasteiger partial charge in [0.1, 0.15) is 0 Å². The van der Waals surface area contributed by atoms with E-state index >= 15 is 0 Å². The van der Waals surface area contributed by atoms with Gasteiger partial charge in [0.05, 0.1) is 0 Å². The SMILES string of the molecule is O=C([O-])[O-].[NH4+].[NH4+].[NH4+].[NH4+].[O]=[U-2]=[O]. The van der Waals surface area contributed by atoms with Gasteiger partial charge in [-0.25, -0.2) is 0 Å². The molecule has 9 nitrogen and oxygen atoms in total. The molecule has 74 valence electrons. The van der Waals surface area contributed by atoms with Gasteiger partial charge < -0.3 is 39.6 Å². The Labute approximate surface area is 78.1 Å². The van der Waals surface area contributed by atoms with Gasteiger partial charge in [0.25, 0.3) is 0 Å². The van der Waals surface area contributed by atoms with Crippen LogP contribution in [0.5, 0.6) is 0 Å². The second-order valence-electron chi connectivity index (χ2n) is 0.333. The molecule has 10 heteroatoms. The third-order valence-electron chi connectivity index (χ3n) is 0. The zero-order valence-electron chi connectivity index (χ0n) is 7.04. The van der Waals surface area contributed by atoms with E-state index in [1.807, 2.05) is 0 Å². The van der Waals surface area contributed by atoms with Gasteiger partial charge in [-0.3, -0.25) is 0 Å². The summed E-state index contributed by atoms with van der Waals surface area (Å²) in [6.07, 6.45) is -2.33. The maximum absolute atomic E-state index is 8.58. The Balaban J connectivity index is -0.00000000848. The molecule has 0 aromatic carbocycles. The molecule has 0 aliphatic rings. The fourth-order valence-corrected chi connectivity index (χ4v) is 0. The van der Waals surface area contributed by atoms with E-state index in [1.54, 1.807) is 0 Å². The van der Waals surface area contributed by atoms with Crippen LogP contribution in [0, 0.1) is 27.8 Å². The van der Waals surface area contributed by atoms with Gasteiger partial charge in [0.15, 0.2) is 0 Å². The molecule has 0 spiro atoms. The van der Waals surface area contributed by atoms with E-state index in [0.717, 1.165) is 0 Å². The van der Waals surface area contributed by atoms with Crippen molar-refractivity contribution in [3.63, 3.8) is 0 Å². The van der Waals surface area contributed by atoms with Crippen LogP contribution in [-0.2, 0) is 4.47 Å². The summed E-state index contributed by atoms with van der Waals surface area (Å²) in [6.45, 7) is 0. The summed E-state index contributed by atoms with van der Waals surface area (Å²) in [5.41, 5.74) is 0. The molecule has 0 aliphatic heterocycles. The summed E-state index contributed by atoms with van der Waals surface area (Å²) in [5, 5.41) is 16.7. The monoisotopic (exact) mass is 402 g/mol. The molecule has 0 aliphatic carbocycles. The van der Waals surface area contributed by atoms with Crippen LogP contribution in [-0.4, -0.2) is 6.16 Å². The van der Waals surface area contributed by atoms with Crippen molar-refractivity contribution < 1.29 is 47.3 Å². The van der Waals surface area contributed by atoms with Crippen LogP contribution in [0.25, 0.3) is 0 Å². The van der Waals surface area contributed by atoms with Crippen molar-refractivity contribution in [1.29, 1.82) is 0 Å². The van der Waals surface area contributed by atoms with Crippen molar-refractivity contribution in [2.75, 3.05) is 0 Å². The van der Waals surface area contributed by atoms with E-state index in [1.165, 1.54) is 0 Å². The van der Waals surface area contributed by atoms with Crippen LogP contribution in [0.3, 0.4) is 0 Å². The van der Waals surface area contributed by atoms with Gasteiger partial charge >= 0.3 is 32.3 Å². The molecule has 16 N–H and O–H groups in total. The van der Waals surface area contributed by atoms with Crippen LogP contribution in [0.4, 0.5) is 4.79 Å². The van der Waals surface area contributed by atoms with Crippen molar-refractivity contribution in [1.82, 2.24) is 24.6 Å². The van der Waals surface area contributed by atoms with Gasteiger partial charge in [0.2, 0.25) is 0 Å². The third-order valence-corrected chi connectivity index (χ3v) is 0. The summed E-state index contributed by atoms with van der Waals surface area (Å²) >= 11 is -2.51. The van der Waals surface area contributed by atoms with Gasteiger partial charge in [0, 0.05) is 0 Å². The van der Waals surface area contributed by atoms with E-state index in [2.05, 4.69) is 0 Å². The number of rotatable bonds is 0. The molecule has 0 unspecified atom stereocenters. The molecule has 0 heterocycles. The molecular weight excluding hydrogens is 386 g/mol. The van der Waals surface area contributed by atoms with Gasteiger partial charge in [-0.15, -0.1) is 0 Å². The number of hydrogen-bond acceptors (Lipinski definition) is 5. The summed E-state index contributed by atoms with van der Waals surface area (Å²) in [6, 6.07) is 0. The van der Waals surface area contributed by atoms with Crippen LogP contribution >= 0.6 is 0 Å². The van der Waals surface area contributed by atoms with Crippen LogP contribution in [0.2, 0.25) is 0 Å². The molecule has 0 bridgehead atoms. The molecule has 0 aromatic heterocycles. The standard InChI is InChI=1S/CH2O3.4H3N.2O.U/c2-1(3)4;;;;;;;/h(H2,2,3,4);4*1H3;;;/q;;;;;;;-2/p+2. The average molecular weight is 402 g/mol. The van der Waals surface area contributed by atoms with E-state index in [-0.39, 0.29) is 24.6 Å². The summed E-state index contributed by atoms with van der Waals surface area (Å²) in [5.74, 6) is 0. The van der Waals surface area contributed by atoms with Gasteiger partial charge in [-0.1, -0.05) is 0 Å². The van der Waals surface area contributed by atoms with Crippen molar-refractivity contribution in [2.24, 2.45) is 0 Å². The van der Waals surface area contributed by atoms with Crippen LogP contribution in [0.15, 0.2) is 0 Å². The van der Waals surface area contributed by atoms with Crippen molar-refractivity contribution >= 4 is 6.16 Å². The minimum absolute atomic E-state index is 0. The van der Waals surface area contributed by atoms with Crippen molar-refractivity contribution in [3.05, 3.63) is 0 Å². The van der Waals surface area contributed by atoms with Crippen molar-refractivity contribution in [3.8, 4) is 0 Å². The summed E-state index contributed by atoms with van der Waals surface area (Å²) < 4.78 is 17.2. The first kappa shape index (κ1) is 45.2. The number of quaternary nitrogens is 4. The normalized spacial score (nSPS) is 2.91. The molecule has 0 fully saturated rings. The van der Waals surface area contributed by atoms with E-state index in [9.17, 15) is 0 Å². The van der Waals surface area contributed by atoms with E-state index in [4.69, 9.17) is 19.5 Å². The molecule has 0 saturated heterocycles. The van der Waals surface area contributed by atoms with Crippen LogP contribution in [0.1, 0.15) is 0 Å². The number of carbonyl (C=O) groups excluding carboxylic acids is 1. The second-order valence-corrected chi connectivity index (χ2v) is 1.03. The summed E-state index contributed by atoms with van der Waals surface area (Å²) in [7, 11) is 0. The first-order valence-electron chi connectivity index (χ1n) is 1.02. The van der Waals surface area contributed by atoms with Gasteiger partial charge in [-0.05, 0) is 6.16 Å².